The number of hydrogen-bond donors (Lipinski definition) is 2. The quantitative estimate of drug-likeness (QED) is 0.868. The smallest absolute Gasteiger partial charge is 0.354 e. The van der Waals surface area contributed by atoms with Crippen LogP contribution in [0.2, 0.25) is 0 Å². The van der Waals surface area contributed by atoms with E-state index in [4.69, 9.17) is 0 Å². The van der Waals surface area contributed by atoms with Crippen molar-refractivity contribution in [3.8, 4) is 11.4 Å². The highest BCUT2D eigenvalue weighted by Crippen LogP contribution is 2.25. The van der Waals surface area contributed by atoms with Crippen molar-refractivity contribution < 1.29 is 14.3 Å². The predicted octanol–water partition coefficient (Wildman–Crippen LogP) is 2.39. The lowest BCUT2D eigenvalue weighted by Crippen LogP contribution is -2.27. The van der Waals surface area contributed by atoms with Crippen LogP contribution < -0.4 is 5.32 Å². The number of carboxylic acid groups (broad SMARTS) is 1. The molecule has 0 unspecified atom stereocenters. The molecule has 0 radical (unpaired) electrons. The molecule has 0 aliphatic carbocycles. The number of nitrogens with zero attached hydrogens (tertiary/aromatic N) is 2. The van der Waals surface area contributed by atoms with Crippen LogP contribution in [0.1, 0.15) is 21.7 Å². The first kappa shape index (κ1) is 14.1. The van der Waals surface area contributed by atoms with Gasteiger partial charge in [-0.15, -0.1) is 0 Å². The van der Waals surface area contributed by atoms with E-state index in [1.165, 1.54) is 12.1 Å². The first-order valence-electron chi connectivity index (χ1n) is 6.35. The van der Waals surface area contributed by atoms with Gasteiger partial charge in [-0.2, -0.15) is 0 Å². The van der Waals surface area contributed by atoms with Crippen molar-refractivity contribution in [2.75, 3.05) is 6.54 Å². The molecule has 0 saturated carbocycles. The molecular weight excluding hydrogens is 341 g/mol. The number of nitrogens with one attached hydrogen (secondary N) is 1. The van der Waals surface area contributed by atoms with Crippen LogP contribution in [0.3, 0.4) is 0 Å². The lowest BCUT2D eigenvalue weighted by molar-refractivity contribution is 0.0688. The third-order valence-corrected chi connectivity index (χ3v) is 3.93. The Bertz CT molecular complexity index is 736. The maximum Gasteiger partial charge on any atom is 0.354 e. The third kappa shape index (κ3) is 2.66. The van der Waals surface area contributed by atoms with Crippen LogP contribution in [0.4, 0.5) is 4.39 Å². The van der Waals surface area contributed by atoms with E-state index in [0.29, 0.717) is 36.3 Å². The Hall–Kier alpha value is -1.86. The van der Waals surface area contributed by atoms with Gasteiger partial charge in [0, 0.05) is 17.7 Å². The van der Waals surface area contributed by atoms with E-state index < -0.39 is 11.8 Å². The van der Waals surface area contributed by atoms with Crippen molar-refractivity contribution in [2.45, 2.75) is 13.0 Å². The molecule has 0 bridgehead atoms. The number of aromatic nitrogens is 2. The van der Waals surface area contributed by atoms with E-state index >= 15 is 0 Å². The second-order valence-corrected chi connectivity index (χ2v) is 5.54. The highest BCUT2D eigenvalue weighted by Gasteiger charge is 2.22. The van der Waals surface area contributed by atoms with Gasteiger partial charge in [0.05, 0.1) is 10.2 Å². The molecule has 2 heterocycles. The Morgan fingerprint density at radius 3 is 2.90 bits per heavy atom. The van der Waals surface area contributed by atoms with E-state index in [-0.39, 0.29) is 16.0 Å². The lowest BCUT2D eigenvalue weighted by atomic mass is 10.0. The minimum Gasteiger partial charge on any atom is -0.476 e. The highest BCUT2D eigenvalue weighted by molar-refractivity contribution is 9.10. The average molecular weight is 352 g/mol. The van der Waals surface area contributed by atoms with Crippen LogP contribution >= 0.6 is 15.9 Å². The van der Waals surface area contributed by atoms with E-state index in [2.05, 4.69) is 31.2 Å². The topological polar surface area (TPSA) is 75.1 Å². The summed E-state index contributed by atoms with van der Waals surface area (Å²) in [6, 6.07) is 4.36. The second-order valence-electron chi connectivity index (χ2n) is 4.68. The lowest BCUT2D eigenvalue weighted by Gasteiger charge is -2.18. The zero-order chi connectivity index (χ0) is 15.0. The van der Waals surface area contributed by atoms with Crippen molar-refractivity contribution >= 4 is 21.9 Å². The van der Waals surface area contributed by atoms with E-state index in [1.54, 1.807) is 6.07 Å². The van der Waals surface area contributed by atoms with Crippen molar-refractivity contribution in [3.63, 3.8) is 0 Å². The van der Waals surface area contributed by atoms with Gasteiger partial charge >= 0.3 is 5.97 Å². The summed E-state index contributed by atoms with van der Waals surface area (Å²) in [5.41, 5.74) is 1.95. The summed E-state index contributed by atoms with van der Waals surface area (Å²) < 4.78 is 13.6. The molecule has 0 spiro atoms. The Balaban J connectivity index is 2.16. The number of benzene rings is 1. The summed E-state index contributed by atoms with van der Waals surface area (Å²) in [6.45, 7) is 1.21. The molecule has 1 aromatic heterocycles. The van der Waals surface area contributed by atoms with Gasteiger partial charge in [0.2, 0.25) is 0 Å². The molecule has 0 amide bonds. The van der Waals surface area contributed by atoms with Gasteiger partial charge in [0.1, 0.15) is 5.82 Å². The van der Waals surface area contributed by atoms with Crippen molar-refractivity contribution in [3.05, 3.63) is 45.4 Å². The second kappa shape index (κ2) is 5.50. The minimum atomic E-state index is -1.07. The van der Waals surface area contributed by atoms with Gasteiger partial charge in [-0.1, -0.05) is 0 Å². The number of aromatic carboxylic acids is 1. The van der Waals surface area contributed by atoms with Gasteiger partial charge in [0.25, 0.3) is 0 Å². The molecule has 0 saturated heterocycles. The summed E-state index contributed by atoms with van der Waals surface area (Å²) in [4.78, 5) is 20.0. The van der Waals surface area contributed by atoms with Gasteiger partial charge < -0.3 is 10.4 Å². The zero-order valence-corrected chi connectivity index (χ0v) is 12.4. The van der Waals surface area contributed by atoms with Crippen molar-refractivity contribution in [2.24, 2.45) is 0 Å². The number of carboxylic acids is 1. The molecule has 2 aromatic rings. The van der Waals surface area contributed by atoms with E-state index in [9.17, 15) is 14.3 Å². The van der Waals surface area contributed by atoms with Crippen LogP contribution in [-0.2, 0) is 13.0 Å². The molecule has 0 fully saturated rings. The van der Waals surface area contributed by atoms with Gasteiger partial charge in [-0.05, 0) is 47.1 Å². The van der Waals surface area contributed by atoms with Crippen molar-refractivity contribution in [1.29, 1.82) is 0 Å². The number of fused-ring (bicyclic) bond motifs is 1. The molecule has 0 atom stereocenters. The number of hydrogen-bond acceptors (Lipinski definition) is 4. The molecule has 2 N–H and O–H groups in total. The largest absolute Gasteiger partial charge is 0.476 e. The number of halogens is 2. The van der Waals surface area contributed by atoms with Gasteiger partial charge in [0.15, 0.2) is 11.5 Å². The number of rotatable bonds is 2. The summed E-state index contributed by atoms with van der Waals surface area (Å²) in [6.07, 6.45) is 0.588. The molecule has 7 heteroatoms. The standard InChI is InChI=1S/C14H11BrFN3O2/c15-9-5-7(1-2-10(9)16)13-18-11-6-17-4-3-8(11)12(19-13)14(20)21/h1-2,5,17H,3-4,6H2,(H,20,21). The van der Waals surface area contributed by atoms with Crippen LogP contribution in [0.5, 0.6) is 0 Å². The number of carbonyl (C=O) groups is 1. The average Bonchev–Trinajstić information content (AvgIpc) is 2.48. The zero-order valence-electron chi connectivity index (χ0n) is 10.9. The molecule has 3 rings (SSSR count). The fourth-order valence-corrected chi connectivity index (χ4v) is 2.68. The summed E-state index contributed by atoms with van der Waals surface area (Å²) in [5.74, 6) is -1.18. The predicted molar refractivity (Wildman–Crippen MR) is 77.5 cm³/mol. The molecule has 21 heavy (non-hydrogen) atoms. The fourth-order valence-electron chi connectivity index (χ4n) is 2.30. The summed E-state index contributed by atoms with van der Waals surface area (Å²) in [7, 11) is 0. The Morgan fingerprint density at radius 1 is 1.38 bits per heavy atom. The first-order chi connectivity index (χ1) is 10.1. The maximum absolute atomic E-state index is 13.3. The fraction of sp³-hybridized carbons (Fsp3) is 0.214. The first-order valence-corrected chi connectivity index (χ1v) is 7.15. The van der Waals surface area contributed by atoms with Crippen LogP contribution in [-0.4, -0.2) is 27.6 Å². The Labute approximate surface area is 128 Å². The van der Waals surface area contributed by atoms with E-state index in [0.717, 1.165) is 0 Å². The van der Waals surface area contributed by atoms with Crippen molar-refractivity contribution in [1.82, 2.24) is 15.3 Å². The molecule has 1 aliphatic rings. The van der Waals surface area contributed by atoms with E-state index in [1.807, 2.05) is 0 Å². The summed E-state index contributed by atoms with van der Waals surface area (Å²) in [5, 5.41) is 12.5. The summed E-state index contributed by atoms with van der Waals surface area (Å²) >= 11 is 3.11. The van der Waals surface area contributed by atoms with Gasteiger partial charge in [-0.3, -0.25) is 0 Å². The molecule has 5 nitrogen and oxygen atoms in total. The van der Waals surface area contributed by atoms with Crippen LogP contribution in [0, 0.1) is 5.82 Å². The Morgan fingerprint density at radius 2 is 2.19 bits per heavy atom. The minimum absolute atomic E-state index is 0.0250. The monoisotopic (exact) mass is 351 g/mol. The Kier molecular flexibility index (Phi) is 3.69. The molecule has 1 aromatic carbocycles. The molecular formula is C14H11BrFN3O2. The molecule has 1 aliphatic heterocycles. The normalized spacial score (nSPS) is 13.8. The third-order valence-electron chi connectivity index (χ3n) is 3.32. The SMILES string of the molecule is O=C(O)c1nc(-c2ccc(F)c(Br)c2)nc2c1CCNC2. The highest BCUT2D eigenvalue weighted by atomic mass is 79.9. The molecule has 108 valence electrons. The van der Waals surface area contributed by atoms with Gasteiger partial charge in [-0.25, -0.2) is 19.2 Å². The maximum atomic E-state index is 13.3. The van der Waals surface area contributed by atoms with Crippen LogP contribution in [0.25, 0.3) is 11.4 Å². The van der Waals surface area contributed by atoms with Crippen LogP contribution in [0.15, 0.2) is 22.7 Å².